The van der Waals surface area contributed by atoms with Crippen molar-refractivity contribution in [3.63, 3.8) is 0 Å². The molecule has 150 valence electrons. The quantitative estimate of drug-likeness (QED) is 0.776. The number of nitrogens with one attached hydrogen (secondary N) is 1. The number of halogens is 4. The van der Waals surface area contributed by atoms with Crippen molar-refractivity contribution >= 4 is 11.6 Å². The van der Waals surface area contributed by atoms with E-state index in [1.54, 1.807) is 0 Å². The maximum Gasteiger partial charge on any atom is 0.419 e. The van der Waals surface area contributed by atoms with Crippen LogP contribution in [-0.4, -0.2) is 54.4 Å². The summed E-state index contributed by atoms with van der Waals surface area (Å²) in [7, 11) is 0. The molecule has 0 bridgehead atoms. The van der Waals surface area contributed by atoms with Crippen LogP contribution in [0.1, 0.15) is 24.8 Å². The van der Waals surface area contributed by atoms with Gasteiger partial charge in [0, 0.05) is 32.0 Å². The van der Waals surface area contributed by atoms with E-state index in [1.165, 1.54) is 0 Å². The smallest absolute Gasteiger partial charge is 0.392 e. The molecule has 0 spiro atoms. The Hall–Kier alpha value is -1.71. The van der Waals surface area contributed by atoms with Gasteiger partial charge in [0.25, 0.3) is 0 Å². The molecule has 2 saturated heterocycles. The van der Waals surface area contributed by atoms with Crippen LogP contribution < -0.4 is 5.32 Å². The Bertz CT molecular complexity index is 677. The summed E-state index contributed by atoms with van der Waals surface area (Å²) < 4.78 is 56.9. The first-order chi connectivity index (χ1) is 12.7. The van der Waals surface area contributed by atoms with E-state index < -0.39 is 35.6 Å². The van der Waals surface area contributed by atoms with Crippen LogP contribution >= 0.6 is 0 Å². The second-order valence-electron chi connectivity index (χ2n) is 7.10. The van der Waals surface area contributed by atoms with E-state index in [1.807, 2.05) is 4.90 Å². The van der Waals surface area contributed by atoms with Gasteiger partial charge in [0.15, 0.2) is 0 Å². The Morgan fingerprint density at radius 1 is 1.30 bits per heavy atom. The fourth-order valence-electron chi connectivity index (χ4n) is 3.66. The zero-order valence-corrected chi connectivity index (χ0v) is 14.6. The first kappa shape index (κ1) is 20.0. The highest BCUT2D eigenvalue weighted by Crippen LogP contribution is 2.32. The molecule has 2 aliphatic heterocycles. The Balaban J connectivity index is 1.66. The summed E-state index contributed by atoms with van der Waals surface area (Å²) in [4.78, 5) is 14.5. The van der Waals surface area contributed by atoms with Crippen molar-refractivity contribution in [2.75, 3.05) is 31.6 Å². The van der Waals surface area contributed by atoms with Crippen LogP contribution in [0.5, 0.6) is 0 Å². The van der Waals surface area contributed by atoms with Gasteiger partial charge in [-0.1, -0.05) is 0 Å². The molecule has 1 aromatic carbocycles. The molecular weight excluding hydrogens is 368 g/mol. The van der Waals surface area contributed by atoms with Gasteiger partial charge in [0.1, 0.15) is 5.82 Å². The van der Waals surface area contributed by atoms with E-state index in [-0.39, 0.29) is 12.1 Å². The van der Waals surface area contributed by atoms with E-state index in [0.717, 1.165) is 18.9 Å². The van der Waals surface area contributed by atoms with Crippen molar-refractivity contribution in [1.82, 2.24) is 4.90 Å². The Labute approximate surface area is 154 Å². The van der Waals surface area contributed by atoms with Gasteiger partial charge < -0.3 is 15.2 Å². The summed E-state index contributed by atoms with van der Waals surface area (Å²) in [6.07, 6.45) is -3.44. The standard InChI is InChI=1S/C18H22F4N2O3/c19-15-7-12(1-2-14(15)18(20,21)22)23-17(26)16-8-13(25)10-24(16)9-11-3-5-27-6-4-11/h1-2,7,11,13,16,25H,3-6,8-10H2,(H,23,26). The number of nitrogens with zero attached hydrogens (tertiary/aromatic N) is 1. The average molecular weight is 390 g/mol. The monoisotopic (exact) mass is 390 g/mol. The van der Waals surface area contributed by atoms with Gasteiger partial charge in [-0.3, -0.25) is 9.69 Å². The van der Waals surface area contributed by atoms with E-state index in [2.05, 4.69) is 5.32 Å². The largest absolute Gasteiger partial charge is 0.419 e. The molecule has 0 radical (unpaired) electrons. The van der Waals surface area contributed by atoms with Crippen molar-refractivity contribution in [3.8, 4) is 0 Å². The number of alkyl halides is 3. The number of aliphatic hydroxyl groups is 1. The molecule has 1 amide bonds. The normalized spacial score (nSPS) is 24.9. The minimum atomic E-state index is -4.79. The second-order valence-corrected chi connectivity index (χ2v) is 7.10. The van der Waals surface area contributed by atoms with E-state index in [9.17, 15) is 27.5 Å². The molecule has 2 heterocycles. The predicted molar refractivity (Wildman–Crippen MR) is 89.6 cm³/mol. The summed E-state index contributed by atoms with van der Waals surface area (Å²) in [6, 6.07) is 1.69. The number of aliphatic hydroxyl groups excluding tert-OH is 1. The third-order valence-electron chi connectivity index (χ3n) is 5.06. The van der Waals surface area contributed by atoms with Gasteiger partial charge in [0.05, 0.1) is 17.7 Å². The van der Waals surface area contributed by atoms with Crippen LogP contribution in [0.4, 0.5) is 23.2 Å². The molecule has 5 nitrogen and oxygen atoms in total. The third kappa shape index (κ3) is 4.97. The Kier molecular flexibility index (Phi) is 6.02. The number of carbonyl (C=O) groups is 1. The summed E-state index contributed by atoms with van der Waals surface area (Å²) in [5.41, 5.74) is -1.42. The number of hydrogen-bond donors (Lipinski definition) is 2. The molecule has 1 aromatic rings. The predicted octanol–water partition coefficient (Wildman–Crippen LogP) is 2.64. The summed E-state index contributed by atoms with van der Waals surface area (Å²) in [6.45, 7) is 2.34. The van der Waals surface area contributed by atoms with Crippen LogP contribution in [0.15, 0.2) is 18.2 Å². The Morgan fingerprint density at radius 3 is 2.63 bits per heavy atom. The van der Waals surface area contributed by atoms with Crippen LogP contribution in [0.25, 0.3) is 0 Å². The summed E-state index contributed by atoms with van der Waals surface area (Å²) >= 11 is 0. The highest BCUT2D eigenvalue weighted by Gasteiger charge is 2.38. The van der Waals surface area contributed by atoms with Gasteiger partial charge in [-0.25, -0.2) is 4.39 Å². The summed E-state index contributed by atoms with van der Waals surface area (Å²) in [5, 5.41) is 12.4. The summed E-state index contributed by atoms with van der Waals surface area (Å²) in [5.74, 6) is -1.54. The first-order valence-electron chi connectivity index (χ1n) is 8.91. The van der Waals surface area contributed by atoms with Gasteiger partial charge in [-0.05, 0) is 43.4 Å². The zero-order valence-electron chi connectivity index (χ0n) is 14.6. The molecule has 0 saturated carbocycles. The van der Waals surface area contributed by atoms with E-state index in [4.69, 9.17) is 4.74 Å². The molecule has 9 heteroatoms. The lowest BCUT2D eigenvalue weighted by Gasteiger charge is -2.30. The fraction of sp³-hybridized carbons (Fsp3) is 0.611. The topological polar surface area (TPSA) is 61.8 Å². The zero-order chi connectivity index (χ0) is 19.6. The maximum absolute atomic E-state index is 13.7. The average Bonchev–Trinajstić information content (AvgIpc) is 2.95. The first-order valence-corrected chi connectivity index (χ1v) is 8.91. The number of β-amino-alcohol motifs (C(OH)–C–C–N with tert-alkyl or cyclic N) is 1. The van der Waals surface area contributed by atoms with Crippen molar-refractivity contribution in [2.24, 2.45) is 5.92 Å². The highest BCUT2D eigenvalue weighted by atomic mass is 19.4. The van der Waals surface area contributed by atoms with Crippen LogP contribution in [-0.2, 0) is 15.7 Å². The minimum absolute atomic E-state index is 0.0436. The number of ether oxygens (including phenoxy) is 1. The number of carbonyl (C=O) groups excluding carboxylic acids is 1. The minimum Gasteiger partial charge on any atom is -0.392 e. The molecule has 2 aliphatic rings. The maximum atomic E-state index is 13.7. The molecule has 2 unspecified atom stereocenters. The van der Waals surface area contributed by atoms with Crippen molar-refractivity contribution in [2.45, 2.75) is 37.6 Å². The number of rotatable bonds is 4. The van der Waals surface area contributed by atoms with Crippen LogP contribution in [0.3, 0.4) is 0 Å². The number of amides is 1. The van der Waals surface area contributed by atoms with Crippen LogP contribution in [0, 0.1) is 11.7 Å². The molecule has 27 heavy (non-hydrogen) atoms. The van der Waals surface area contributed by atoms with Crippen molar-refractivity contribution in [1.29, 1.82) is 0 Å². The molecule has 0 aromatic heterocycles. The van der Waals surface area contributed by atoms with Crippen molar-refractivity contribution in [3.05, 3.63) is 29.6 Å². The lowest BCUT2D eigenvalue weighted by Crippen LogP contribution is -2.42. The van der Waals surface area contributed by atoms with Gasteiger partial charge >= 0.3 is 6.18 Å². The highest BCUT2D eigenvalue weighted by molar-refractivity contribution is 5.95. The number of hydrogen-bond acceptors (Lipinski definition) is 4. The number of benzene rings is 1. The molecule has 0 aliphatic carbocycles. The van der Waals surface area contributed by atoms with Gasteiger partial charge in [-0.15, -0.1) is 0 Å². The number of likely N-dealkylation sites (tertiary alicyclic amines) is 1. The van der Waals surface area contributed by atoms with Gasteiger partial charge in [0.2, 0.25) is 5.91 Å². The third-order valence-corrected chi connectivity index (χ3v) is 5.06. The van der Waals surface area contributed by atoms with E-state index >= 15 is 0 Å². The molecule has 2 fully saturated rings. The SMILES string of the molecule is O=C(Nc1ccc(C(F)(F)F)c(F)c1)C1CC(O)CN1CC1CCOCC1. The molecular formula is C18H22F4N2O3. The Morgan fingerprint density at radius 2 is 2.00 bits per heavy atom. The van der Waals surface area contributed by atoms with Crippen molar-refractivity contribution < 1.29 is 32.2 Å². The van der Waals surface area contributed by atoms with Crippen LogP contribution in [0.2, 0.25) is 0 Å². The van der Waals surface area contributed by atoms with E-state index in [0.29, 0.717) is 44.4 Å². The fourth-order valence-corrected chi connectivity index (χ4v) is 3.66. The second kappa shape index (κ2) is 8.12. The molecule has 3 rings (SSSR count). The lowest BCUT2D eigenvalue weighted by molar-refractivity contribution is -0.140. The molecule has 2 atom stereocenters. The van der Waals surface area contributed by atoms with Gasteiger partial charge in [-0.2, -0.15) is 13.2 Å². The lowest BCUT2D eigenvalue weighted by atomic mass is 9.99. The molecule has 2 N–H and O–H groups in total. The number of anilines is 1.